The van der Waals surface area contributed by atoms with Crippen LogP contribution in [0.4, 0.5) is 0 Å². The minimum Gasteiger partial charge on any atom is -0.335 e. The summed E-state index contributed by atoms with van der Waals surface area (Å²) in [4.78, 5) is 29.3. The van der Waals surface area contributed by atoms with Gasteiger partial charge in [-0.15, -0.1) is 11.3 Å². The fourth-order valence-electron chi connectivity index (χ4n) is 2.02. The number of thiazole rings is 1. The zero-order valence-electron chi connectivity index (χ0n) is 9.50. The summed E-state index contributed by atoms with van der Waals surface area (Å²) in [6.07, 6.45) is 0.578. The molecule has 0 unspecified atom stereocenters. The van der Waals surface area contributed by atoms with Crippen molar-refractivity contribution in [3.8, 4) is 0 Å². The summed E-state index contributed by atoms with van der Waals surface area (Å²) in [5.41, 5.74) is 1.89. The first-order valence-corrected chi connectivity index (χ1v) is 6.51. The van der Waals surface area contributed by atoms with E-state index in [1.54, 1.807) is 20.4 Å². The number of amides is 1. The molecule has 0 atom stereocenters. The molecule has 0 fully saturated rings. The molecule has 0 saturated heterocycles. The summed E-state index contributed by atoms with van der Waals surface area (Å²) in [6.45, 7) is 1.53. The predicted molar refractivity (Wildman–Crippen MR) is 64.6 cm³/mol. The summed E-state index contributed by atoms with van der Waals surface area (Å²) in [7, 11) is 0. The lowest BCUT2D eigenvalue weighted by atomic mass is 10.3. The van der Waals surface area contributed by atoms with Crippen molar-refractivity contribution in [1.29, 1.82) is 0 Å². The maximum atomic E-state index is 12.1. The number of fused-ring (bicyclic) bond motifs is 1. The van der Waals surface area contributed by atoms with Crippen LogP contribution in [0.3, 0.4) is 0 Å². The number of nitrogens with zero attached hydrogens (tertiary/aromatic N) is 4. The Bertz CT molecular complexity index is 615. The fourth-order valence-corrected chi connectivity index (χ4v) is 2.55. The van der Waals surface area contributed by atoms with E-state index in [4.69, 9.17) is 0 Å². The first-order chi connectivity index (χ1) is 8.75. The van der Waals surface area contributed by atoms with Crippen LogP contribution in [-0.4, -0.2) is 43.6 Å². The van der Waals surface area contributed by atoms with Gasteiger partial charge in [-0.05, 0) is 0 Å². The minimum absolute atomic E-state index is 0.0848. The van der Waals surface area contributed by atoms with Crippen molar-refractivity contribution in [3.63, 3.8) is 0 Å². The minimum atomic E-state index is -0.215. The van der Waals surface area contributed by atoms with Gasteiger partial charge in [0.2, 0.25) is 0 Å². The number of aromatic amines is 1. The van der Waals surface area contributed by atoms with Crippen molar-refractivity contribution in [2.24, 2.45) is 0 Å². The Balaban J connectivity index is 1.79. The van der Waals surface area contributed by atoms with E-state index >= 15 is 0 Å². The Morgan fingerprint density at radius 2 is 2.28 bits per heavy atom. The first-order valence-electron chi connectivity index (χ1n) is 5.57. The molecule has 0 radical (unpaired) electrons. The van der Waals surface area contributed by atoms with E-state index in [1.165, 1.54) is 11.3 Å². The Morgan fingerprint density at radius 1 is 1.39 bits per heavy atom. The molecule has 0 bridgehead atoms. The van der Waals surface area contributed by atoms with E-state index in [9.17, 15) is 9.59 Å². The van der Waals surface area contributed by atoms with Gasteiger partial charge in [0.1, 0.15) is 11.5 Å². The largest absolute Gasteiger partial charge is 0.343 e. The van der Waals surface area contributed by atoms with Crippen LogP contribution in [0.2, 0.25) is 0 Å². The number of nitrogens with one attached hydrogen (secondary N) is 1. The topological polar surface area (TPSA) is 83.9 Å². The van der Waals surface area contributed by atoms with Crippen LogP contribution in [0.25, 0.3) is 0 Å². The van der Waals surface area contributed by atoms with Gasteiger partial charge in [-0.2, -0.15) is 5.10 Å². The SMILES string of the molecule is O=C(c1cscn1)N1CCc2n[nH]c(=O)n2CC1. The van der Waals surface area contributed by atoms with Gasteiger partial charge in [-0.25, -0.2) is 14.9 Å². The molecule has 0 aliphatic carbocycles. The number of aromatic nitrogens is 4. The normalized spacial score (nSPS) is 15.2. The molecule has 1 aliphatic rings. The molecule has 18 heavy (non-hydrogen) atoms. The Hall–Kier alpha value is -1.96. The lowest BCUT2D eigenvalue weighted by molar-refractivity contribution is 0.0753. The molecule has 0 saturated carbocycles. The highest BCUT2D eigenvalue weighted by Crippen LogP contribution is 2.09. The number of carbonyl (C=O) groups is 1. The first kappa shape index (κ1) is 11.1. The van der Waals surface area contributed by atoms with E-state index in [0.29, 0.717) is 37.6 Å². The maximum Gasteiger partial charge on any atom is 0.343 e. The van der Waals surface area contributed by atoms with E-state index in [-0.39, 0.29) is 11.6 Å². The van der Waals surface area contributed by atoms with Gasteiger partial charge in [0.05, 0.1) is 5.51 Å². The maximum absolute atomic E-state index is 12.1. The second-order valence-corrected chi connectivity index (χ2v) is 4.73. The van der Waals surface area contributed by atoms with Gasteiger partial charge in [0.25, 0.3) is 5.91 Å². The van der Waals surface area contributed by atoms with Crippen LogP contribution in [-0.2, 0) is 13.0 Å². The summed E-state index contributed by atoms with van der Waals surface area (Å²) >= 11 is 1.40. The van der Waals surface area contributed by atoms with Gasteiger partial charge < -0.3 is 4.90 Å². The Labute approximate surface area is 106 Å². The summed E-state index contributed by atoms with van der Waals surface area (Å²) in [5, 5.41) is 8.10. The molecule has 1 amide bonds. The highest BCUT2D eigenvalue weighted by Gasteiger charge is 2.22. The van der Waals surface area contributed by atoms with Crippen LogP contribution in [0.15, 0.2) is 15.7 Å². The number of hydrogen-bond acceptors (Lipinski definition) is 5. The van der Waals surface area contributed by atoms with Crippen molar-refractivity contribution in [1.82, 2.24) is 24.6 Å². The van der Waals surface area contributed by atoms with Gasteiger partial charge in [0, 0.05) is 31.4 Å². The zero-order chi connectivity index (χ0) is 12.5. The average molecular weight is 265 g/mol. The molecule has 1 N–H and O–H groups in total. The Kier molecular flexibility index (Phi) is 2.71. The van der Waals surface area contributed by atoms with Crippen molar-refractivity contribution in [2.45, 2.75) is 13.0 Å². The van der Waals surface area contributed by atoms with E-state index < -0.39 is 0 Å². The monoisotopic (exact) mass is 265 g/mol. The van der Waals surface area contributed by atoms with Crippen LogP contribution in [0, 0.1) is 0 Å². The molecule has 1 aliphatic heterocycles. The molecule has 94 valence electrons. The van der Waals surface area contributed by atoms with Crippen LogP contribution >= 0.6 is 11.3 Å². The molecule has 3 heterocycles. The lowest BCUT2D eigenvalue weighted by Gasteiger charge is -2.18. The molecular formula is C10H11N5O2S. The number of rotatable bonds is 1. The smallest absolute Gasteiger partial charge is 0.335 e. The molecule has 8 heteroatoms. The van der Waals surface area contributed by atoms with E-state index in [2.05, 4.69) is 15.2 Å². The van der Waals surface area contributed by atoms with Crippen LogP contribution in [0.1, 0.15) is 16.3 Å². The summed E-state index contributed by atoms with van der Waals surface area (Å²) in [6, 6.07) is 0. The number of hydrogen-bond donors (Lipinski definition) is 1. The molecule has 0 aromatic carbocycles. The lowest BCUT2D eigenvalue weighted by Crippen LogP contribution is -2.34. The Morgan fingerprint density at radius 3 is 3.06 bits per heavy atom. The molecule has 0 spiro atoms. The molecular weight excluding hydrogens is 254 g/mol. The standard InChI is InChI=1S/C10H11N5O2S/c16-9(7-5-18-6-11-7)14-2-1-8-12-13-10(17)15(8)4-3-14/h5-6H,1-4H2,(H,13,17). The predicted octanol–water partition coefficient (Wildman–Crippen LogP) is -0.274. The highest BCUT2D eigenvalue weighted by atomic mass is 32.1. The highest BCUT2D eigenvalue weighted by molar-refractivity contribution is 7.07. The molecule has 2 aromatic heterocycles. The molecule has 7 nitrogen and oxygen atoms in total. The fraction of sp³-hybridized carbons (Fsp3) is 0.400. The van der Waals surface area contributed by atoms with Gasteiger partial charge in [0.15, 0.2) is 0 Å². The second-order valence-electron chi connectivity index (χ2n) is 4.01. The quantitative estimate of drug-likeness (QED) is 0.769. The van der Waals surface area contributed by atoms with Crippen LogP contribution < -0.4 is 5.69 Å². The third kappa shape index (κ3) is 1.84. The summed E-state index contributed by atoms with van der Waals surface area (Å²) in [5.74, 6) is 0.618. The van der Waals surface area contributed by atoms with Crippen LogP contribution in [0.5, 0.6) is 0 Å². The molecule has 2 aromatic rings. The van der Waals surface area contributed by atoms with Crippen molar-refractivity contribution in [3.05, 3.63) is 32.9 Å². The van der Waals surface area contributed by atoms with Gasteiger partial charge in [-0.3, -0.25) is 9.36 Å². The van der Waals surface area contributed by atoms with Gasteiger partial charge >= 0.3 is 5.69 Å². The van der Waals surface area contributed by atoms with Crippen molar-refractivity contribution in [2.75, 3.05) is 13.1 Å². The van der Waals surface area contributed by atoms with Crippen molar-refractivity contribution >= 4 is 17.2 Å². The van der Waals surface area contributed by atoms with Crippen molar-refractivity contribution < 1.29 is 4.79 Å². The zero-order valence-corrected chi connectivity index (χ0v) is 10.3. The number of carbonyl (C=O) groups excluding carboxylic acids is 1. The van der Waals surface area contributed by atoms with E-state index in [0.717, 1.165) is 0 Å². The second kappa shape index (κ2) is 4.37. The third-order valence-electron chi connectivity index (χ3n) is 2.97. The van der Waals surface area contributed by atoms with E-state index in [1.807, 2.05) is 0 Å². The van der Waals surface area contributed by atoms with Gasteiger partial charge in [-0.1, -0.05) is 0 Å². The third-order valence-corrected chi connectivity index (χ3v) is 3.56. The number of H-pyrrole nitrogens is 1. The molecule has 3 rings (SSSR count). The average Bonchev–Trinajstić information content (AvgIpc) is 2.95. The summed E-state index contributed by atoms with van der Waals surface area (Å²) < 4.78 is 1.58.